The zero-order valence-corrected chi connectivity index (χ0v) is 33.0. The lowest BCUT2D eigenvalue weighted by molar-refractivity contribution is -0.146. The van der Waals surface area contributed by atoms with E-state index in [9.17, 15) is 19.2 Å². The van der Waals surface area contributed by atoms with Crippen molar-refractivity contribution in [3.8, 4) is 16.9 Å². The highest BCUT2D eigenvalue weighted by atomic mass is 32.2. The van der Waals surface area contributed by atoms with Gasteiger partial charge < -0.3 is 33.9 Å². The predicted molar refractivity (Wildman–Crippen MR) is 216 cm³/mol. The Morgan fingerprint density at radius 1 is 0.981 bits per heavy atom. The van der Waals surface area contributed by atoms with Crippen LogP contribution < -0.4 is 15.0 Å². The summed E-state index contributed by atoms with van der Waals surface area (Å²) in [6, 6.07) is 21.2. The van der Waals surface area contributed by atoms with Crippen LogP contribution in [0.15, 0.2) is 83.5 Å². The van der Waals surface area contributed by atoms with E-state index in [2.05, 4.69) is 39.7 Å². The van der Waals surface area contributed by atoms with E-state index in [0.717, 1.165) is 71.9 Å². The number of imidazole rings is 1. The number of fused-ring (bicyclic) bond motifs is 1. The van der Waals surface area contributed by atoms with E-state index >= 15 is 0 Å². The van der Waals surface area contributed by atoms with Crippen molar-refractivity contribution in [1.82, 2.24) is 9.55 Å². The van der Waals surface area contributed by atoms with Crippen molar-refractivity contribution in [3.05, 3.63) is 95.6 Å². The van der Waals surface area contributed by atoms with Crippen LogP contribution in [-0.2, 0) is 37.8 Å². The Bertz CT molecular complexity index is 1890. The first kappa shape index (κ1) is 40.6. The molecule has 2 heterocycles. The van der Waals surface area contributed by atoms with E-state index in [1.165, 1.54) is 0 Å². The standard InChI is InChI=1S/C43H54N4O6S/c1-6-8-23-52-24-25-53-37-16-11-32(12-17-37)33-13-20-39-35(26-33)27-34(10-9-22-46(39)29-43(4,5)42(49)50)41(48)45-36-14-18-38(19-15-36)54(51)28-40-31(3)44-30-47(40)21-7-2/h11-20,26-27,30H,6-10,21-25,28-29H2,1-5H3,(H,45,48)(H,49,50)/b34-27+. The zero-order chi connectivity index (χ0) is 38.7. The lowest BCUT2D eigenvalue weighted by atomic mass is 9.91. The Morgan fingerprint density at radius 2 is 1.72 bits per heavy atom. The first-order valence-corrected chi connectivity index (χ1v) is 20.2. The average molecular weight is 755 g/mol. The maximum absolute atomic E-state index is 13.8. The van der Waals surface area contributed by atoms with Gasteiger partial charge >= 0.3 is 5.97 Å². The third kappa shape index (κ3) is 10.8. The molecule has 1 aromatic heterocycles. The van der Waals surface area contributed by atoms with E-state index in [-0.39, 0.29) is 5.91 Å². The summed E-state index contributed by atoms with van der Waals surface area (Å²) in [5.41, 5.74) is 5.81. The van der Waals surface area contributed by atoms with Crippen LogP contribution in [0.5, 0.6) is 5.75 Å². The molecule has 0 saturated heterocycles. The number of carboxylic acid groups (broad SMARTS) is 1. The molecule has 4 aromatic rings. The molecule has 0 aliphatic carbocycles. The topological polar surface area (TPSA) is 129 Å². The summed E-state index contributed by atoms with van der Waals surface area (Å²) < 4.78 is 26.8. The lowest BCUT2D eigenvalue weighted by Crippen LogP contribution is -2.40. The van der Waals surface area contributed by atoms with Crippen molar-refractivity contribution in [2.75, 3.05) is 43.1 Å². The number of hydrogen-bond donors (Lipinski definition) is 2. The molecule has 10 nitrogen and oxygen atoms in total. The Morgan fingerprint density at radius 3 is 2.43 bits per heavy atom. The molecule has 0 radical (unpaired) electrons. The molecule has 288 valence electrons. The van der Waals surface area contributed by atoms with Crippen LogP contribution in [0, 0.1) is 12.3 Å². The Balaban J connectivity index is 1.34. The second kappa shape index (κ2) is 19.1. The van der Waals surface area contributed by atoms with Crippen LogP contribution in [0.3, 0.4) is 0 Å². The molecule has 3 aromatic carbocycles. The summed E-state index contributed by atoms with van der Waals surface area (Å²) in [7, 11) is 0. The Kier molecular flexibility index (Phi) is 14.4. The molecular weight excluding hydrogens is 701 g/mol. The number of amides is 1. The summed E-state index contributed by atoms with van der Waals surface area (Å²) >= 11 is -1.27. The number of rotatable bonds is 18. The molecule has 1 aliphatic rings. The zero-order valence-electron chi connectivity index (χ0n) is 32.2. The van der Waals surface area contributed by atoms with Crippen molar-refractivity contribution in [2.24, 2.45) is 5.41 Å². The van der Waals surface area contributed by atoms with Crippen molar-refractivity contribution in [1.29, 1.82) is 0 Å². The number of aliphatic carboxylic acids is 1. The number of carboxylic acids is 1. The molecular formula is C43H54N4O6S. The summed E-state index contributed by atoms with van der Waals surface area (Å²) in [6.45, 7) is 13.2. The fourth-order valence-electron chi connectivity index (χ4n) is 6.42. The number of unbranched alkanes of at least 4 members (excludes halogenated alkanes) is 1. The number of carbonyl (C=O) groups excluding carboxylic acids is 1. The minimum atomic E-state index is -1.27. The summed E-state index contributed by atoms with van der Waals surface area (Å²) in [5.74, 6) is 0.0674. The first-order valence-electron chi connectivity index (χ1n) is 18.9. The lowest BCUT2D eigenvalue weighted by Gasteiger charge is -2.34. The number of carbonyl (C=O) groups is 2. The molecule has 1 amide bonds. The molecule has 2 N–H and O–H groups in total. The van der Waals surface area contributed by atoms with Crippen LogP contribution in [0.4, 0.5) is 11.4 Å². The molecule has 0 spiro atoms. The van der Waals surface area contributed by atoms with Crippen LogP contribution in [0.2, 0.25) is 0 Å². The molecule has 0 saturated carbocycles. The van der Waals surface area contributed by atoms with Crippen LogP contribution >= 0.6 is 0 Å². The molecule has 0 fully saturated rings. The molecule has 5 rings (SSSR count). The normalized spacial score (nSPS) is 14.7. The van der Waals surface area contributed by atoms with Gasteiger partial charge in [0.1, 0.15) is 12.4 Å². The quantitative estimate of drug-likeness (QED) is 0.0765. The van der Waals surface area contributed by atoms with Gasteiger partial charge in [0.15, 0.2) is 10.6 Å². The molecule has 1 atom stereocenters. The summed E-state index contributed by atoms with van der Waals surface area (Å²) in [4.78, 5) is 33.1. The van der Waals surface area contributed by atoms with Gasteiger partial charge in [-0.2, -0.15) is 0 Å². The van der Waals surface area contributed by atoms with Gasteiger partial charge in [0.25, 0.3) is 5.91 Å². The molecule has 11 heteroatoms. The third-order valence-electron chi connectivity index (χ3n) is 9.62. The number of aryl methyl sites for hydroxylation is 2. The average Bonchev–Trinajstić information content (AvgIpc) is 3.49. The first-order chi connectivity index (χ1) is 26.0. The van der Waals surface area contributed by atoms with Crippen LogP contribution in [0.1, 0.15) is 76.8 Å². The summed E-state index contributed by atoms with van der Waals surface area (Å²) in [6.07, 6.45) is 8.03. The number of ether oxygens (including phenoxy) is 2. The number of nitrogens with zero attached hydrogens (tertiary/aromatic N) is 3. The van der Waals surface area contributed by atoms with Crippen LogP contribution in [0.25, 0.3) is 17.2 Å². The largest absolute Gasteiger partial charge is 0.611 e. The van der Waals surface area contributed by atoms with Gasteiger partial charge in [-0.3, -0.25) is 9.59 Å². The Labute approximate surface area is 322 Å². The van der Waals surface area contributed by atoms with Crippen molar-refractivity contribution < 1.29 is 28.7 Å². The molecule has 1 aliphatic heterocycles. The number of aromatic nitrogens is 2. The SMILES string of the molecule is CCCCOCCOc1ccc(-c2ccc3c(c2)/C=C(/C(=O)Nc2ccc([S+]([O-])Cc4c(C)ncn4CCC)cc2)CCCN3CC(C)(C)C(=O)O)cc1. The van der Waals surface area contributed by atoms with Crippen molar-refractivity contribution >= 4 is 40.5 Å². The van der Waals surface area contributed by atoms with E-state index < -0.39 is 22.6 Å². The fourth-order valence-corrected chi connectivity index (χ4v) is 7.64. The van der Waals surface area contributed by atoms with Gasteiger partial charge in [0.2, 0.25) is 0 Å². The molecule has 0 bridgehead atoms. The van der Waals surface area contributed by atoms with Gasteiger partial charge in [-0.05, 0) is 129 Å². The fraction of sp³-hybridized carbons (Fsp3) is 0.419. The second-order valence-electron chi connectivity index (χ2n) is 14.4. The van der Waals surface area contributed by atoms with E-state index in [1.54, 1.807) is 38.1 Å². The maximum atomic E-state index is 13.8. The minimum Gasteiger partial charge on any atom is -0.611 e. The van der Waals surface area contributed by atoms with Gasteiger partial charge in [-0.15, -0.1) is 0 Å². The number of anilines is 2. The van der Waals surface area contributed by atoms with E-state index in [4.69, 9.17) is 9.47 Å². The number of nitrogens with one attached hydrogen (secondary N) is 1. The summed E-state index contributed by atoms with van der Waals surface area (Å²) in [5, 5.41) is 13.0. The minimum absolute atomic E-state index is 0.209. The van der Waals surface area contributed by atoms with Gasteiger partial charge in [0.05, 0.1) is 29.7 Å². The maximum Gasteiger partial charge on any atom is 0.310 e. The number of benzene rings is 3. The van der Waals surface area contributed by atoms with Gasteiger partial charge in [0, 0.05) is 43.2 Å². The Hall–Kier alpha value is -4.58. The van der Waals surface area contributed by atoms with E-state index in [1.807, 2.05) is 55.7 Å². The predicted octanol–water partition coefficient (Wildman–Crippen LogP) is 8.50. The smallest absolute Gasteiger partial charge is 0.310 e. The molecule has 1 unspecified atom stereocenters. The van der Waals surface area contributed by atoms with Crippen molar-refractivity contribution in [3.63, 3.8) is 0 Å². The third-order valence-corrected chi connectivity index (χ3v) is 11.0. The second-order valence-corrected chi connectivity index (χ2v) is 15.9. The van der Waals surface area contributed by atoms with Gasteiger partial charge in [-0.25, -0.2) is 4.98 Å². The monoisotopic (exact) mass is 754 g/mol. The molecule has 54 heavy (non-hydrogen) atoms. The van der Waals surface area contributed by atoms with Crippen LogP contribution in [-0.4, -0.2) is 64.0 Å². The van der Waals surface area contributed by atoms with E-state index in [0.29, 0.717) is 61.1 Å². The number of hydrogen-bond acceptors (Lipinski definition) is 7. The highest BCUT2D eigenvalue weighted by Gasteiger charge is 2.31. The van der Waals surface area contributed by atoms with Gasteiger partial charge in [-0.1, -0.05) is 38.5 Å². The van der Waals surface area contributed by atoms with Crippen molar-refractivity contribution in [2.45, 2.75) is 83.9 Å². The highest BCUT2D eigenvalue weighted by Crippen LogP contribution is 2.35. The highest BCUT2D eigenvalue weighted by molar-refractivity contribution is 7.90.